The highest BCUT2D eigenvalue weighted by Gasteiger charge is 2.08. The van der Waals surface area contributed by atoms with Crippen LogP contribution in [-0.2, 0) is 6.61 Å². The van der Waals surface area contributed by atoms with Gasteiger partial charge in [-0.3, -0.25) is 0 Å². The number of imidazole rings is 1. The van der Waals surface area contributed by atoms with Crippen molar-refractivity contribution >= 4 is 0 Å². The van der Waals surface area contributed by atoms with Crippen molar-refractivity contribution < 1.29 is 4.74 Å². The third kappa shape index (κ3) is 2.77. The highest BCUT2D eigenvalue weighted by molar-refractivity contribution is 5.66. The Labute approximate surface area is 122 Å². The first kappa shape index (κ1) is 12.9. The van der Waals surface area contributed by atoms with Crippen LogP contribution in [0.15, 0.2) is 61.1 Å². The summed E-state index contributed by atoms with van der Waals surface area (Å²) in [5.41, 5.74) is 3.26. The van der Waals surface area contributed by atoms with Crippen LogP contribution >= 0.6 is 0 Å². The van der Waals surface area contributed by atoms with Gasteiger partial charge in [-0.25, -0.2) is 4.98 Å². The maximum absolute atomic E-state index is 9.10. The third-order valence-electron chi connectivity index (χ3n) is 3.18. The second kappa shape index (κ2) is 5.93. The van der Waals surface area contributed by atoms with Crippen LogP contribution in [0.1, 0.15) is 11.1 Å². The van der Waals surface area contributed by atoms with E-state index >= 15 is 0 Å². The molecule has 102 valence electrons. The fourth-order valence-corrected chi connectivity index (χ4v) is 2.12. The number of nitrogens with one attached hydrogen (secondary N) is 1. The maximum atomic E-state index is 9.10. The topological polar surface area (TPSA) is 61.7 Å². The minimum Gasteiger partial charge on any atom is -0.488 e. The van der Waals surface area contributed by atoms with Gasteiger partial charge in [-0.05, 0) is 18.2 Å². The first-order valence-electron chi connectivity index (χ1n) is 6.57. The van der Waals surface area contributed by atoms with Crippen LogP contribution in [0.4, 0.5) is 0 Å². The average molecular weight is 275 g/mol. The van der Waals surface area contributed by atoms with Crippen molar-refractivity contribution in [1.29, 1.82) is 5.26 Å². The summed E-state index contributed by atoms with van der Waals surface area (Å²) in [4.78, 5) is 7.19. The predicted molar refractivity (Wildman–Crippen MR) is 79.5 cm³/mol. The molecule has 2 aromatic carbocycles. The number of H-pyrrole nitrogens is 1. The highest BCUT2D eigenvalue weighted by atomic mass is 16.5. The molecule has 1 N–H and O–H groups in total. The molecule has 0 fully saturated rings. The number of ether oxygens (including phenoxy) is 1. The van der Waals surface area contributed by atoms with Gasteiger partial charge in [0.05, 0.1) is 23.7 Å². The summed E-state index contributed by atoms with van der Waals surface area (Å²) in [6, 6.07) is 17.3. The third-order valence-corrected chi connectivity index (χ3v) is 3.18. The Morgan fingerprint density at radius 3 is 2.71 bits per heavy atom. The van der Waals surface area contributed by atoms with Crippen LogP contribution in [0, 0.1) is 11.3 Å². The first-order chi connectivity index (χ1) is 10.4. The van der Waals surface area contributed by atoms with E-state index in [0.29, 0.717) is 12.2 Å². The molecule has 0 unspecified atom stereocenters. The number of aromatic amines is 1. The lowest BCUT2D eigenvalue weighted by molar-refractivity contribution is 0.307. The maximum Gasteiger partial charge on any atom is 0.129 e. The fraction of sp³-hybridized carbons (Fsp3) is 0.0588. The fourth-order valence-electron chi connectivity index (χ4n) is 2.12. The zero-order chi connectivity index (χ0) is 14.5. The van der Waals surface area contributed by atoms with Crippen LogP contribution in [0.3, 0.4) is 0 Å². The molecule has 0 aliphatic carbocycles. The number of hydrogen-bond donors (Lipinski definition) is 1. The average Bonchev–Trinajstić information content (AvgIpc) is 3.08. The summed E-state index contributed by atoms with van der Waals surface area (Å²) in [5.74, 6) is 0.748. The Bertz CT molecular complexity index is 773. The summed E-state index contributed by atoms with van der Waals surface area (Å²) in [6.45, 7) is 0.352. The van der Waals surface area contributed by atoms with Crippen LogP contribution in [0.2, 0.25) is 0 Å². The zero-order valence-electron chi connectivity index (χ0n) is 11.3. The lowest BCUT2D eigenvalue weighted by Crippen LogP contribution is -1.99. The first-order valence-corrected chi connectivity index (χ1v) is 6.57. The lowest BCUT2D eigenvalue weighted by Gasteiger charge is -2.10. The normalized spacial score (nSPS) is 10.0. The van der Waals surface area contributed by atoms with Crippen molar-refractivity contribution in [1.82, 2.24) is 9.97 Å². The van der Waals surface area contributed by atoms with E-state index in [2.05, 4.69) is 16.0 Å². The van der Waals surface area contributed by atoms with Crippen LogP contribution in [0.25, 0.3) is 11.3 Å². The highest BCUT2D eigenvalue weighted by Crippen LogP contribution is 2.28. The van der Waals surface area contributed by atoms with Crippen molar-refractivity contribution in [2.75, 3.05) is 0 Å². The van der Waals surface area contributed by atoms with Gasteiger partial charge >= 0.3 is 0 Å². The van der Waals surface area contributed by atoms with E-state index in [-0.39, 0.29) is 0 Å². The molecule has 0 aliphatic heterocycles. The van der Waals surface area contributed by atoms with Gasteiger partial charge in [0.2, 0.25) is 0 Å². The second-order valence-corrected chi connectivity index (χ2v) is 4.51. The van der Waals surface area contributed by atoms with Crippen molar-refractivity contribution in [3.63, 3.8) is 0 Å². The van der Waals surface area contributed by atoms with Gasteiger partial charge in [-0.2, -0.15) is 5.26 Å². The van der Waals surface area contributed by atoms with Crippen LogP contribution in [0.5, 0.6) is 5.75 Å². The minimum absolute atomic E-state index is 0.352. The van der Waals surface area contributed by atoms with Crippen molar-refractivity contribution in [2.24, 2.45) is 0 Å². The quantitative estimate of drug-likeness (QED) is 0.792. The Morgan fingerprint density at radius 1 is 1.10 bits per heavy atom. The molecule has 0 atom stereocenters. The zero-order valence-corrected chi connectivity index (χ0v) is 11.3. The van der Waals surface area contributed by atoms with E-state index in [1.807, 2.05) is 48.7 Å². The van der Waals surface area contributed by atoms with E-state index < -0.39 is 0 Å². The minimum atomic E-state index is 0.352. The Balaban J connectivity index is 1.85. The van der Waals surface area contributed by atoms with Gasteiger partial charge < -0.3 is 9.72 Å². The van der Waals surface area contributed by atoms with Gasteiger partial charge in [0, 0.05) is 17.3 Å². The van der Waals surface area contributed by atoms with E-state index in [1.165, 1.54) is 0 Å². The number of nitriles is 1. The Hall–Kier alpha value is -3.06. The lowest BCUT2D eigenvalue weighted by atomic mass is 10.1. The van der Waals surface area contributed by atoms with Gasteiger partial charge in [0.15, 0.2) is 0 Å². The molecule has 4 nitrogen and oxygen atoms in total. The predicted octanol–water partition coefficient (Wildman–Crippen LogP) is 3.53. The number of nitrogens with zero attached hydrogens (tertiary/aromatic N) is 2. The van der Waals surface area contributed by atoms with Gasteiger partial charge in [-0.15, -0.1) is 0 Å². The van der Waals surface area contributed by atoms with Crippen LogP contribution in [-0.4, -0.2) is 9.97 Å². The molecule has 0 radical (unpaired) electrons. The molecule has 0 aliphatic rings. The second-order valence-electron chi connectivity index (χ2n) is 4.51. The Morgan fingerprint density at radius 2 is 1.90 bits per heavy atom. The monoisotopic (exact) mass is 275 g/mol. The number of benzene rings is 2. The molecule has 4 heteroatoms. The molecule has 0 saturated heterocycles. The summed E-state index contributed by atoms with van der Waals surface area (Å²) >= 11 is 0. The molecular formula is C17H13N3O. The molecule has 0 bridgehead atoms. The SMILES string of the molecule is N#Cc1ccccc1COc1ccccc1-c1c[nH]cn1. The molecule has 3 rings (SSSR count). The van der Waals surface area contributed by atoms with Crippen molar-refractivity contribution in [3.8, 4) is 23.1 Å². The summed E-state index contributed by atoms with van der Waals surface area (Å²) in [6.07, 6.45) is 3.46. The van der Waals surface area contributed by atoms with Crippen LogP contribution < -0.4 is 4.74 Å². The van der Waals surface area contributed by atoms with E-state index in [4.69, 9.17) is 10.00 Å². The van der Waals surface area contributed by atoms with Gasteiger partial charge in [-0.1, -0.05) is 30.3 Å². The molecule has 3 aromatic rings. The smallest absolute Gasteiger partial charge is 0.129 e. The molecular weight excluding hydrogens is 262 g/mol. The molecule has 0 saturated carbocycles. The van der Waals surface area contributed by atoms with Crippen molar-refractivity contribution in [2.45, 2.75) is 6.61 Å². The summed E-state index contributed by atoms with van der Waals surface area (Å²) in [7, 11) is 0. The van der Waals surface area contributed by atoms with Gasteiger partial charge in [0.25, 0.3) is 0 Å². The number of rotatable bonds is 4. The molecule has 0 amide bonds. The largest absolute Gasteiger partial charge is 0.488 e. The molecule has 21 heavy (non-hydrogen) atoms. The van der Waals surface area contributed by atoms with E-state index in [0.717, 1.165) is 22.6 Å². The number of hydrogen-bond acceptors (Lipinski definition) is 3. The summed E-state index contributed by atoms with van der Waals surface area (Å²) in [5, 5.41) is 9.10. The molecule has 0 spiro atoms. The Kier molecular flexibility index (Phi) is 3.66. The standard InChI is InChI=1S/C17H13N3O/c18-9-13-5-1-2-6-14(13)11-21-17-8-4-3-7-15(17)16-10-19-12-20-16/h1-8,10,12H,11H2,(H,19,20). The van der Waals surface area contributed by atoms with Crippen molar-refractivity contribution in [3.05, 3.63) is 72.2 Å². The summed E-state index contributed by atoms with van der Waals surface area (Å²) < 4.78 is 5.88. The number of aromatic nitrogens is 2. The van der Waals surface area contributed by atoms with E-state index in [1.54, 1.807) is 12.4 Å². The number of para-hydroxylation sites is 1. The van der Waals surface area contributed by atoms with E-state index in [9.17, 15) is 0 Å². The van der Waals surface area contributed by atoms with Gasteiger partial charge in [0.1, 0.15) is 12.4 Å². The molecule has 1 heterocycles. The molecule has 1 aromatic heterocycles.